The average Bonchev–Trinajstić information content (AvgIpc) is 2.74. The number of nitrogens with one attached hydrogen (secondary N) is 1. The number of nitro groups is 1. The number of hydrogen-bond acceptors (Lipinski definition) is 6. The highest BCUT2D eigenvalue weighted by molar-refractivity contribution is 6.05. The summed E-state index contributed by atoms with van der Waals surface area (Å²) in [5.41, 5.74) is 1.35. The Balaban J connectivity index is 1.78. The number of amides is 1. The number of piperazine rings is 1. The molecule has 2 aromatic carbocycles. The van der Waals surface area contributed by atoms with Gasteiger partial charge in [-0.25, -0.2) is 0 Å². The van der Waals surface area contributed by atoms with Crippen LogP contribution in [0.5, 0.6) is 5.75 Å². The number of benzene rings is 2. The lowest BCUT2D eigenvalue weighted by atomic mass is 10.1. The molecule has 1 heterocycles. The number of carbonyl (C=O) groups is 1. The van der Waals surface area contributed by atoms with Gasteiger partial charge in [-0.15, -0.1) is 0 Å². The summed E-state index contributed by atoms with van der Waals surface area (Å²) in [5.74, 6) is 0.289. The topological polar surface area (TPSA) is 88.0 Å². The minimum atomic E-state index is -0.425. The van der Waals surface area contributed by atoms with E-state index in [4.69, 9.17) is 4.74 Å². The summed E-state index contributed by atoms with van der Waals surface area (Å²) >= 11 is 0. The molecule has 0 spiro atoms. The maximum absolute atomic E-state index is 12.5. The van der Waals surface area contributed by atoms with Gasteiger partial charge in [-0.05, 0) is 42.9 Å². The molecule has 1 saturated heterocycles. The van der Waals surface area contributed by atoms with E-state index in [0.717, 1.165) is 32.7 Å². The molecular weight excluding hydrogens is 360 g/mol. The van der Waals surface area contributed by atoms with Gasteiger partial charge in [0.05, 0.1) is 12.0 Å². The molecule has 0 radical (unpaired) electrons. The number of methoxy groups -OCH3 is 1. The fourth-order valence-corrected chi connectivity index (χ4v) is 3.26. The highest BCUT2D eigenvalue weighted by Gasteiger charge is 2.24. The van der Waals surface area contributed by atoms with E-state index in [9.17, 15) is 14.9 Å². The molecule has 1 amide bonds. The Morgan fingerprint density at radius 2 is 1.82 bits per heavy atom. The first-order valence-electron chi connectivity index (χ1n) is 9.23. The Morgan fingerprint density at radius 1 is 1.14 bits per heavy atom. The van der Waals surface area contributed by atoms with Gasteiger partial charge in [0.15, 0.2) is 0 Å². The van der Waals surface area contributed by atoms with Gasteiger partial charge in [-0.2, -0.15) is 0 Å². The van der Waals surface area contributed by atoms with Gasteiger partial charge in [0.1, 0.15) is 11.4 Å². The van der Waals surface area contributed by atoms with E-state index in [-0.39, 0.29) is 11.3 Å². The van der Waals surface area contributed by atoms with E-state index in [1.54, 1.807) is 43.5 Å². The fraction of sp³-hybridized carbons (Fsp3) is 0.350. The van der Waals surface area contributed by atoms with Gasteiger partial charge in [-0.1, -0.05) is 6.92 Å². The predicted octanol–water partition coefficient (Wildman–Crippen LogP) is 3.00. The lowest BCUT2D eigenvalue weighted by molar-refractivity contribution is -0.384. The van der Waals surface area contributed by atoms with Crippen LogP contribution in [0.3, 0.4) is 0 Å². The van der Waals surface area contributed by atoms with Crippen molar-refractivity contribution in [2.45, 2.75) is 6.92 Å². The highest BCUT2D eigenvalue weighted by atomic mass is 16.6. The summed E-state index contributed by atoms with van der Waals surface area (Å²) < 4.78 is 5.09. The van der Waals surface area contributed by atoms with Crippen LogP contribution in [0.1, 0.15) is 17.3 Å². The van der Waals surface area contributed by atoms with E-state index in [2.05, 4.69) is 17.1 Å². The van der Waals surface area contributed by atoms with Crippen LogP contribution >= 0.6 is 0 Å². The zero-order chi connectivity index (χ0) is 20.1. The van der Waals surface area contributed by atoms with E-state index >= 15 is 0 Å². The van der Waals surface area contributed by atoms with Crippen molar-refractivity contribution in [1.82, 2.24) is 4.90 Å². The first kappa shape index (κ1) is 19.6. The van der Waals surface area contributed by atoms with Crippen molar-refractivity contribution in [3.63, 3.8) is 0 Å². The first-order valence-corrected chi connectivity index (χ1v) is 9.23. The standard InChI is InChI=1S/C20H24N4O4/c1-3-22-10-12-23(13-11-22)18-9-4-15(14-19(18)24(26)27)20(25)21-16-5-7-17(28-2)8-6-16/h4-9,14H,3,10-13H2,1-2H3,(H,21,25). The number of likely N-dealkylation sites (N-methyl/N-ethyl adjacent to an activating group) is 1. The third-order valence-electron chi connectivity index (χ3n) is 4.94. The van der Waals surface area contributed by atoms with Crippen LogP contribution in [0, 0.1) is 10.1 Å². The van der Waals surface area contributed by atoms with Crippen molar-refractivity contribution in [2.24, 2.45) is 0 Å². The quantitative estimate of drug-likeness (QED) is 0.608. The summed E-state index contributed by atoms with van der Waals surface area (Å²) in [6.45, 7) is 6.27. The second kappa shape index (κ2) is 8.71. The largest absolute Gasteiger partial charge is 0.497 e. The Morgan fingerprint density at radius 3 is 2.39 bits per heavy atom. The molecule has 0 aromatic heterocycles. The van der Waals surface area contributed by atoms with E-state index in [1.165, 1.54) is 6.07 Å². The summed E-state index contributed by atoms with van der Waals surface area (Å²) in [7, 11) is 1.57. The molecular formula is C20H24N4O4. The van der Waals surface area contributed by atoms with Gasteiger partial charge in [0, 0.05) is 43.5 Å². The van der Waals surface area contributed by atoms with Crippen LogP contribution in [0.4, 0.5) is 17.1 Å². The van der Waals surface area contributed by atoms with Crippen LogP contribution in [-0.2, 0) is 0 Å². The molecule has 1 aliphatic rings. The van der Waals surface area contributed by atoms with Gasteiger partial charge in [0.2, 0.25) is 0 Å². The number of ether oxygens (including phenoxy) is 1. The maximum atomic E-state index is 12.5. The van der Waals surface area contributed by atoms with Crippen LogP contribution in [0.2, 0.25) is 0 Å². The molecule has 0 bridgehead atoms. The van der Waals surface area contributed by atoms with Crippen molar-refractivity contribution < 1.29 is 14.5 Å². The zero-order valence-electron chi connectivity index (χ0n) is 16.1. The van der Waals surface area contributed by atoms with Crippen molar-refractivity contribution in [3.8, 4) is 5.75 Å². The van der Waals surface area contributed by atoms with Crippen molar-refractivity contribution in [3.05, 3.63) is 58.1 Å². The summed E-state index contributed by atoms with van der Waals surface area (Å²) in [4.78, 5) is 28.0. The smallest absolute Gasteiger partial charge is 0.293 e. The molecule has 0 unspecified atom stereocenters. The summed E-state index contributed by atoms with van der Waals surface area (Å²) in [5, 5.41) is 14.4. The minimum absolute atomic E-state index is 0.0488. The molecule has 2 aromatic rings. The van der Waals surface area contributed by atoms with Gasteiger partial charge < -0.3 is 19.9 Å². The zero-order valence-corrected chi connectivity index (χ0v) is 16.1. The van der Waals surface area contributed by atoms with Crippen molar-refractivity contribution >= 4 is 23.0 Å². The minimum Gasteiger partial charge on any atom is -0.497 e. The molecule has 0 aliphatic carbocycles. The number of nitrogens with zero attached hydrogens (tertiary/aromatic N) is 3. The Kier molecular flexibility index (Phi) is 6.10. The van der Waals surface area contributed by atoms with Gasteiger partial charge >= 0.3 is 0 Å². The average molecular weight is 384 g/mol. The number of carbonyl (C=O) groups excluding carboxylic acids is 1. The normalized spacial score (nSPS) is 14.6. The van der Waals surface area contributed by atoms with Crippen molar-refractivity contribution in [1.29, 1.82) is 0 Å². The Labute approximate surface area is 163 Å². The molecule has 28 heavy (non-hydrogen) atoms. The van der Waals surface area contributed by atoms with E-state index in [1.807, 2.05) is 4.90 Å². The van der Waals surface area contributed by atoms with E-state index < -0.39 is 10.8 Å². The first-order chi connectivity index (χ1) is 13.5. The monoisotopic (exact) mass is 384 g/mol. The molecule has 1 fully saturated rings. The molecule has 8 heteroatoms. The predicted molar refractivity (Wildman–Crippen MR) is 108 cm³/mol. The number of rotatable bonds is 6. The second-order valence-corrected chi connectivity index (χ2v) is 6.56. The molecule has 0 atom stereocenters. The maximum Gasteiger partial charge on any atom is 0.293 e. The second-order valence-electron chi connectivity index (χ2n) is 6.56. The van der Waals surface area contributed by atoms with Crippen LogP contribution in [0.15, 0.2) is 42.5 Å². The SMILES string of the molecule is CCN1CCN(c2ccc(C(=O)Nc3ccc(OC)cc3)cc2[N+](=O)[O-])CC1. The molecule has 1 N–H and O–H groups in total. The molecule has 148 valence electrons. The summed E-state index contributed by atoms with van der Waals surface area (Å²) in [6.07, 6.45) is 0. The van der Waals surface area contributed by atoms with Gasteiger partial charge in [0.25, 0.3) is 11.6 Å². The van der Waals surface area contributed by atoms with Crippen LogP contribution in [0.25, 0.3) is 0 Å². The molecule has 8 nitrogen and oxygen atoms in total. The third kappa shape index (κ3) is 4.40. The van der Waals surface area contributed by atoms with Crippen LogP contribution < -0.4 is 15.0 Å². The number of hydrogen-bond donors (Lipinski definition) is 1. The third-order valence-corrected chi connectivity index (χ3v) is 4.94. The lowest BCUT2D eigenvalue weighted by Gasteiger charge is -2.35. The molecule has 0 saturated carbocycles. The van der Waals surface area contributed by atoms with Gasteiger partial charge in [-0.3, -0.25) is 14.9 Å². The number of anilines is 2. The Bertz CT molecular complexity index is 846. The van der Waals surface area contributed by atoms with Crippen molar-refractivity contribution in [2.75, 3.05) is 50.1 Å². The molecule has 3 rings (SSSR count). The van der Waals surface area contributed by atoms with E-state index in [0.29, 0.717) is 17.1 Å². The molecule has 1 aliphatic heterocycles. The fourth-order valence-electron chi connectivity index (χ4n) is 3.26. The summed E-state index contributed by atoms with van der Waals surface area (Å²) in [6, 6.07) is 11.5. The lowest BCUT2D eigenvalue weighted by Crippen LogP contribution is -2.46. The number of nitro benzene ring substituents is 1. The Hall–Kier alpha value is -3.13. The van der Waals surface area contributed by atoms with Crippen LogP contribution in [-0.4, -0.2) is 55.6 Å². The highest BCUT2D eigenvalue weighted by Crippen LogP contribution is 2.30.